The van der Waals surface area contributed by atoms with E-state index in [-0.39, 0.29) is 0 Å². The maximum atomic E-state index is 5.86. The van der Waals surface area contributed by atoms with Crippen LogP contribution in [0.2, 0.25) is 0 Å². The molecule has 1 N–H and O–H groups in total. The Balaban J connectivity index is 1.34. The molecule has 1 aliphatic heterocycles. The number of hydrogen-bond acceptors (Lipinski definition) is 4. The molecule has 162 valence electrons. The molecule has 0 spiro atoms. The van der Waals surface area contributed by atoms with Gasteiger partial charge in [-0.15, -0.1) is 0 Å². The molecule has 2 atom stereocenters. The van der Waals surface area contributed by atoms with E-state index in [0.717, 1.165) is 36.6 Å². The van der Waals surface area contributed by atoms with Crippen LogP contribution in [0.25, 0.3) is 0 Å². The largest absolute Gasteiger partial charge is 0.473 e. The summed E-state index contributed by atoms with van der Waals surface area (Å²) in [6, 6.07) is 14.5. The number of nitrogens with zero attached hydrogens (tertiary/aromatic N) is 5. The number of guanidine groups is 1. The third-order valence-electron chi connectivity index (χ3n) is 5.82. The standard InChI is InChI=1S/C24H30N6O/c1-19-9-12-29(16-22(19)30-13-11-26-18-30)24(25-2)28-15-21-8-10-27-23(14-21)31-17-20-6-4-3-5-7-20/h3-8,10-11,13-14,18-19,22H,9,12,15-17H2,1-2H3,(H,25,28). The third-order valence-corrected chi connectivity index (χ3v) is 5.82. The van der Waals surface area contributed by atoms with Gasteiger partial charge >= 0.3 is 0 Å². The summed E-state index contributed by atoms with van der Waals surface area (Å²) < 4.78 is 8.07. The summed E-state index contributed by atoms with van der Waals surface area (Å²) in [5.41, 5.74) is 2.23. The summed E-state index contributed by atoms with van der Waals surface area (Å²) in [5.74, 6) is 2.15. The van der Waals surface area contributed by atoms with E-state index in [4.69, 9.17) is 4.74 Å². The van der Waals surface area contributed by atoms with E-state index in [2.05, 4.69) is 42.9 Å². The van der Waals surface area contributed by atoms with E-state index in [1.54, 1.807) is 6.20 Å². The van der Waals surface area contributed by atoms with Gasteiger partial charge in [-0.2, -0.15) is 0 Å². The summed E-state index contributed by atoms with van der Waals surface area (Å²) in [6.45, 7) is 5.39. The number of aromatic nitrogens is 3. The van der Waals surface area contributed by atoms with Gasteiger partial charge in [0.1, 0.15) is 6.61 Å². The number of pyridine rings is 1. The molecule has 1 aromatic carbocycles. The highest BCUT2D eigenvalue weighted by Crippen LogP contribution is 2.27. The molecule has 2 aromatic heterocycles. The van der Waals surface area contributed by atoms with Crippen LogP contribution < -0.4 is 10.1 Å². The minimum atomic E-state index is 0.397. The first kappa shape index (κ1) is 20.9. The Morgan fingerprint density at radius 1 is 1.19 bits per heavy atom. The second kappa shape index (κ2) is 10.1. The zero-order valence-electron chi connectivity index (χ0n) is 18.2. The van der Waals surface area contributed by atoms with Gasteiger partial charge in [0.25, 0.3) is 0 Å². The smallest absolute Gasteiger partial charge is 0.213 e. The number of likely N-dealkylation sites (tertiary alicyclic amines) is 1. The number of piperidine rings is 1. The normalized spacial score (nSPS) is 19.3. The first-order valence-corrected chi connectivity index (χ1v) is 10.8. The van der Waals surface area contributed by atoms with Gasteiger partial charge in [0.05, 0.1) is 12.4 Å². The van der Waals surface area contributed by atoms with Crippen molar-refractivity contribution in [2.24, 2.45) is 10.9 Å². The molecule has 2 unspecified atom stereocenters. The number of hydrogen-bond donors (Lipinski definition) is 1. The van der Waals surface area contributed by atoms with Gasteiger partial charge < -0.3 is 19.5 Å². The van der Waals surface area contributed by atoms with Crippen molar-refractivity contribution in [2.75, 3.05) is 20.1 Å². The van der Waals surface area contributed by atoms with Gasteiger partial charge in [-0.1, -0.05) is 37.3 Å². The summed E-state index contributed by atoms with van der Waals surface area (Å²) in [6.07, 6.45) is 8.72. The Morgan fingerprint density at radius 2 is 2.06 bits per heavy atom. The number of imidazole rings is 1. The molecule has 0 amide bonds. The second-order valence-corrected chi connectivity index (χ2v) is 7.97. The van der Waals surface area contributed by atoms with Crippen LogP contribution in [-0.4, -0.2) is 45.5 Å². The number of rotatable bonds is 6. The lowest BCUT2D eigenvalue weighted by Gasteiger charge is -2.39. The summed E-state index contributed by atoms with van der Waals surface area (Å²) >= 11 is 0. The SMILES string of the molecule is CN=C(NCc1ccnc(OCc2ccccc2)c1)N1CCC(C)C(n2ccnc2)C1. The quantitative estimate of drug-likeness (QED) is 0.490. The van der Waals surface area contributed by atoms with E-state index >= 15 is 0 Å². The Morgan fingerprint density at radius 3 is 2.84 bits per heavy atom. The Kier molecular flexibility index (Phi) is 6.82. The average molecular weight is 419 g/mol. The fourth-order valence-corrected chi connectivity index (χ4v) is 3.98. The molecule has 7 nitrogen and oxygen atoms in total. The van der Waals surface area contributed by atoms with Crippen LogP contribution >= 0.6 is 0 Å². The topological polar surface area (TPSA) is 67.6 Å². The van der Waals surface area contributed by atoms with Crippen molar-refractivity contribution >= 4 is 5.96 Å². The fraction of sp³-hybridized carbons (Fsp3) is 0.375. The predicted octanol–water partition coefficient (Wildman–Crippen LogP) is 3.52. The molecule has 1 aliphatic rings. The lowest BCUT2D eigenvalue weighted by molar-refractivity contribution is 0.189. The molecule has 0 bridgehead atoms. The van der Waals surface area contributed by atoms with Crippen molar-refractivity contribution in [1.82, 2.24) is 24.8 Å². The Labute approximate surface area is 183 Å². The zero-order chi connectivity index (χ0) is 21.5. The average Bonchev–Trinajstić information content (AvgIpc) is 3.35. The van der Waals surface area contributed by atoms with E-state index in [9.17, 15) is 0 Å². The summed E-state index contributed by atoms with van der Waals surface area (Å²) in [7, 11) is 1.84. The highest BCUT2D eigenvalue weighted by molar-refractivity contribution is 5.80. The van der Waals surface area contributed by atoms with E-state index in [1.807, 2.05) is 62.0 Å². The Bertz CT molecular complexity index is 973. The van der Waals surface area contributed by atoms with Crippen LogP contribution in [0.15, 0.2) is 72.4 Å². The van der Waals surface area contributed by atoms with Crippen LogP contribution in [0.5, 0.6) is 5.88 Å². The second-order valence-electron chi connectivity index (χ2n) is 7.97. The molecule has 7 heteroatoms. The molecule has 31 heavy (non-hydrogen) atoms. The summed E-state index contributed by atoms with van der Waals surface area (Å²) in [4.78, 5) is 15.4. The van der Waals surface area contributed by atoms with Crippen molar-refractivity contribution in [3.63, 3.8) is 0 Å². The maximum Gasteiger partial charge on any atom is 0.213 e. The number of aliphatic imine (C=N–C) groups is 1. The molecule has 0 aliphatic carbocycles. The van der Waals surface area contributed by atoms with Gasteiger partial charge in [-0.25, -0.2) is 9.97 Å². The molecule has 3 heterocycles. The third kappa shape index (κ3) is 5.42. The molecule has 4 rings (SSSR count). The number of benzene rings is 1. The first-order chi connectivity index (χ1) is 15.2. The van der Waals surface area contributed by atoms with Crippen molar-refractivity contribution in [2.45, 2.75) is 32.5 Å². The van der Waals surface area contributed by atoms with Gasteiger partial charge in [0, 0.05) is 51.3 Å². The Hall–Kier alpha value is -3.35. The van der Waals surface area contributed by atoms with Gasteiger partial charge in [0.15, 0.2) is 5.96 Å². The highest BCUT2D eigenvalue weighted by atomic mass is 16.5. The maximum absolute atomic E-state index is 5.86. The van der Waals surface area contributed by atoms with E-state index in [0.29, 0.717) is 31.0 Å². The lowest BCUT2D eigenvalue weighted by atomic mass is 9.93. The molecular formula is C24H30N6O. The lowest BCUT2D eigenvalue weighted by Crippen LogP contribution is -2.48. The molecule has 0 saturated carbocycles. The van der Waals surface area contributed by atoms with Gasteiger partial charge in [-0.3, -0.25) is 4.99 Å². The van der Waals surface area contributed by atoms with E-state index in [1.165, 1.54) is 0 Å². The minimum Gasteiger partial charge on any atom is -0.473 e. The van der Waals surface area contributed by atoms with Crippen LogP contribution in [0, 0.1) is 5.92 Å². The van der Waals surface area contributed by atoms with Gasteiger partial charge in [0.2, 0.25) is 5.88 Å². The van der Waals surface area contributed by atoms with E-state index < -0.39 is 0 Å². The van der Waals surface area contributed by atoms with Crippen molar-refractivity contribution in [1.29, 1.82) is 0 Å². The fourth-order valence-electron chi connectivity index (χ4n) is 3.98. The van der Waals surface area contributed by atoms with Crippen molar-refractivity contribution < 1.29 is 4.74 Å². The van der Waals surface area contributed by atoms with Crippen LogP contribution in [-0.2, 0) is 13.2 Å². The molecule has 1 saturated heterocycles. The van der Waals surface area contributed by atoms with Gasteiger partial charge in [-0.05, 0) is 29.5 Å². The molecule has 0 radical (unpaired) electrons. The monoisotopic (exact) mass is 418 g/mol. The summed E-state index contributed by atoms with van der Waals surface area (Å²) in [5, 5.41) is 3.50. The van der Waals surface area contributed by atoms with Crippen LogP contribution in [0.1, 0.15) is 30.5 Å². The molecule has 3 aromatic rings. The molecular weight excluding hydrogens is 388 g/mol. The van der Waals surface area contributed by atoms with Crippen LogP contribution in [0.3, 0.4) is 0 Å². The zero-order valence-corrected chi connectivity index (χ0v) is 18.2. The predicted molar refractivity (Wildman–Crippen MR) is 122 cm³/mol. The minimum absolute atomic E-state index is 0.397. The number of ether oxygens (including phenoxy) is 1. The molecule has 1 fully saturated rings. The van der Waals surface area contributed by atoms with Crippen molar-refractivity contribution in [3.8, 4) is 5.88 Å². The van der Waals surface area contributed by atoms with Crippen LogP contribution in [0.4, 0.5) is 0 Å². The highest BCUT2D eigenvalue weighted by Gasteiger charge is 2.28. The van der Waals surface area contributed by atoms with Crippen molar-refractivity contribution in [3.05, 3.63) is 78.5 Å². The first-order valence-electron chi connectivity index (χ1n) is 10.8. The number of nitrogens with one attached hydrogen (secondary N) is 1.